The van der Waals surface area contributed by atoms with Crippen molar-refractivity contribution in [3.8, 4) is 0 Å². The first-order chi connectivity index (χ1) is 43.4. The van der Waals surface area contributed by atoms with E-state index in [1.54, 1.807) is 0 Å². The van der Waals surface area contributed by atoms with Gasteiger partial charge in [0.1, 0.15) is 109 Å². The molecule has 0 bridgehead atoms. The number of carboxylic acids is 1. The molecule has 6 heterocycles. The molecule has 0 aromatic rings. The molecule has 11 aliphatic rings. The monoisotopic (exact) mass is 1340 g/mol. The van der Waals surface area contributed by atoms with Gasteiger partial charge < -0.3 is 139 Å². The van der Waals surface area contributed by atoms with Crippen molar-refractivity contribution in [2.45, 2.75) is 298 Å². The minimum atomic E-state index is -2.07. The zero-order valence-electron chi connectivity index (χ0n) is 53.9. The molecule has 0 amide bonds. The minimum absolute atomic E-state index is 0.0271. The van der Waals surface area contributed by atoms with Crippen LogP contribution in [-0.4, -0.2) is 292 Å². The average Bonchev–Trinajstić information content (AvgIpc) is 0.672. The predicted octanol–water partition coefficient (Wildman–Crippen LogP) is -3.35. The van der Waals surface area contributed by atoms with Gasteiger partial charge in [-0.05, 0) is 116 Å². The van der Waals surface area contributed by atoms with Gasteiger partial charge in [0.05, 0.1) is 44.2 Å². The van der Waals surface area contributed by atoms with Gasteiger partial charge in [-0.15, -0.1) is 0 Å². The van der Waals surface area contributed by atoms with Crippen LogP contribution in [0.15, 0.2) is 11.6 Å². The molecular formula is C63H100O30. The maximum atomic E-state index is 15.9. The third-order valence-corrected chi connectivity index (χ3v) is 24.4. The summed E-state index contributed by atoms with van der Waals surface area (Å²) in [6, 6.07) is 0. The molecule has 0 spiro atoms. The maximum Gasteiger partial charge on any atom is 0.335 e. The molecule has 10 fully saturated rings. The number of aliphatic hydroxyl groups is 15. The SMILES string of the molecule is C[C@H]1O[C@H](O[C@H]2[C@H](O[C@@H]3O[C@H](C)[C@@H](O[C@H]4OC[C@H](O)[C@H](O[C@@H]5OC[C@H](O)[C@H](O)[C@@H]5O)[C@@H]4O)[C@@H](O)[C@H]3O)[C@@H](OC(=O)[C@@]34CCC(C)(C)C[C@@H]3C3=CC[C@H]5[C@]6(C)CC[C@@H](O[C@H]7O[C@H](C(=O)O)[C@@H](O)[C@H](O)[C@H]7O)C(C)(C)[C@@H]6CC[C@]5(C)[C@]3(C)C[C@H]4O)OC[C@H]2O)[C@H](O)[C@H](O)[C@H]1O. The van der Waals surface area contributed by atoms with Gasteiger partial charge >= 0.3 is 11.9 Å². The van der Waals surface area contributed by atoms with E-state index in [0.717, 1.165) is 5.57 Å². The van der Waals surface area contributed by atoms with Crippen molar-refractivity contribution in [1.29, 1.82) is 0 Å². The normalized spacial score (nSPS) is 54.6. The van der Waals surface area contributed by atoms with Crippen LogP contribution >= 0.6 is 0 Å². The van der Waals surface area contributed by atoms with Gasteiger partial charge in [-0.1, -0.05) is 60.1 Å². The molecule has 0 aromatic heterocycles. The van der Waals surface area contributed by atoms with Crippen molar-refractivity contribution in [1.82, 2.24) is 0 Å². The van der Waals surface area contributed by atoms with Crippen molar-refractivity contribution >= 4 is 11.9 Å². The molecule has 4 saturated carbocycles. The molecule has 11 rings (SSSR count). The highest BCUT2D eigenvalue weighted by Gasteiger charge is 2.72. The number of hydrogen-bond acceptors (Lipinski definition) is 29. The zero-order chi connectivity index (χ0) is 67.9. The average molecular weight is 1340 g/mol. The predicted molar refractivity (Wildman–Crippen MR) is 309 cm³/mol. The van der Waals surface area contributed by atoms with E-state index in [2.05, 4.69) is 54.5 Å². The van der Waals surface area contributed by atoms with E-state index in [0.29, 0.717) is 44.9 Å². The van der Waals surface area contributed by atoms with E-state index in [4.69, 9.17) is 56.8 Å². The summed E-state index contributed by atoms with van der Waals surface area (Å²) >= 11 is 0. The second-order valence-electron chi connectivity index (χ2n) is 30.7. The molecule has 16 N–H and O–H groups in total. The highest BCUT2D eigenvalue weighted by Crippen LogP contribution is 2.76. The summed E-state index contributed by atoms with van der Waals surface area (Å²) in [6.07, 6.45) is -41.2. The third kappa shape index (κ3) is 12.2. The van der Waals surface area contributed by atoms with E-state index >= 15 is 4.79 Å². The largest absolute Gasteiger partial charge is 0.479 e. The Morgan fingerprint density at radius 2 is 1.02 bits per heavy atom. The quantitative estimate of drug-likeness (QED) is 0.0487. The lowest BCUT2D eigenvalue weighted by Gasteiger charge is -2.71. The number of esters is 1. The first-order valence-corrected chi connectivity index (χ1v) is 32.9. The summed E-state index contributed by atoms with van der Waals surface area (Å²) in [4.78, 5) is 27.9. The van der Waals surface area contributed by atoms with Gasteiger partial charge in [-0.2, -0.15) is 0 Å². The van der Waals surface area contributed by atoms with Crippen molar-refractivity contribution in [3.63, 3.8) is 0 Å². The molecule has 36 atom stereocenters. The first kappa shape index (κ1) is 71.9. The van der Waals surface area contributed by atoms with Gasteiger partial charge in [-0.3, -0.25) is 4.79 Å². The molecule has 5 aliphatic carbocycles. The Kier molecular flexibility index (Phi) is 20.3. The zero-order valence-corrected chi connectivity index (χ0v) is 53.9. The second-order valence-corrected chi connectivity index (χ2v) is 30.7. The highest BCUT2D eigenvalue weighted by atomic mass is 16.8. The van der Waals surface area contributed by atoms with Gasteiger partial charge in [0, 0.05) is 0 Å². The number of hydrogen-bond donors (Lipinski definition) is 16. The topological polar surface area (TPSA) is 469 Å². The summed E-state index contributed by atoms with van der Waals surface area (Å²) in [7, 11) is 0. The first-order valence-electron chi connectivity index (χ1n) is 32.9. The van der Waals surface area contributed by atoms with Crippen LogP contribution in [-0.2, 0) is 66.4 Å². The fourth-order valence-electron chi connectivity index (χ4n) is 18.7. The Balaban J connectivity index is 0.848. The number of carboxylic acid groups (broad SMARTS) is 1. The maximum absolute atomic E-state index is 15.9. The minimum Gasteiger partial charge on any atom is -0.479 e. The number of carbonyl (C=O) groups excluding carboxylic acids is 1. The van der Waals surface area contributed by atoms with Gasteiger partial charge in [0.15, 0.2) is 43.7 Å². The summed E-state index contributed by atoms with van der Waals surface area (Å²) in [6.45, 7) is 16.4. The lowest BCUT2D eigenvalue weighted by atomic mass is 9.33. The molecule has 0 unspecified atom stereocenters. The van der Waals surface area contributed by atoms with Crippen LogP contribution in [0.5, 0.6) is 0 Å². The van der Waals surface area contributed by atoms with E-state index in [1.807, 2.05) is 0 Å². The Bertz CT molecular complexity index is 2690. The van der Waals surface area contributed by atoms with Crippen LogP contribution in [0.1, 0.15) is 120 Å². The van der Waals surface area contributed by atoms with Gasteiger partial charge in [-0.25, -0.2) is 4.79 Å². The molecule has 532 valence electrons. The number of allylic oxidation sites excluding steroid dienone is 2. The molecule has 6 saturated heterocycles. The van der Waals surface area contributed by atoms with E-state index in [1.165, 1.54) is 13.8 Å². The van der Waals surface area contributed by atoms with Crippen molar-refractivity contribution < 1.29 is 148 Å². The van der Waals surface area contributed by atoms with E-state index in [-0.39, 0.29) is 35.5 Å². The Morgan fingerprint density at radius 3 is 1.68 bits per heavy atom. The van der Waals surface area contributed by atoms with E-state index in [9.17, 15) is 86.5 Å². The standard InChI is InChI=1S/C63H100O30/c1-23-34(68)36(70)41(75)53(85-23)90-47-29(66)22-84-56(49(47)92-54-43(77)39(73)45(24(2)86-54)88-52-44(78)46(28(65)21-83-52)89-51-40(74)35(69)27(64)20-82-51)93-57(81)63-17-16-58(3,4)18-26(63)25-10-11-31-60(7)14-13-33(87-55-42(76)37(71)38(72)48(91-55)50(79)80)59(5,6)30(60)12-15-61(31,8)62(25,9)19-32(63)67/h10,23-24,26-49,51-56,64-78H,11-22H2,1-9H3,(H,79,80)/t23-,24-,26-,27+,28+,29-,30+,31+,32-,33-,34+,35+,36-,37+,38+,39+,40+,41-,42-,43-,44+,45-,46+,47-,48+,49+,51+,52-,53-,54+,55+,56-,60-,61+,62-,63+/m1/s1. The Hall–Kier alpha value is -2.36. The smallest absolute Gasteiger partial charge is 0.335 e. The lowest BCUT2D eigenvalue weighted by molar-refractivity contribution is -0.387. The summed E-state index contributed by atoms with van der Waals surface area (Å²) in [5, 5.41) is 176. The van der Waals surface area contributed by atoms with Crippen LogP contribution in [0.4, 0.5) is 0 Å². The Labute approximate surface area is 538 Å². The van der Waals surface area contributed by atoms with Crippen molar-refractivity contribution in [3.05, 3.63) is 11.6 Å². The van der Waals surface area contributed by atoms with Crippen molar-refractivity contribution in [2.24, 2.45) is 50.2 Å². The highest BCUT2D eigenvalue weighted by molar-refractivity contribution is 5.80. The number of rotatable bonds is 13. The number of carbonyl (C=O) groups is 2. The summed E-state index contributed by atoms with van der Waals surface area (Å²) < 4.78 is 71.9. The number of aliphatic carboxylic acids is 1. The molecule has 93 heavy (non-hydrogen) atoms. The molecular weight excluding hydrogens is 1240 g/mol. The molecule has 30 nitrogen and oxygen atoms in total. The van der Waals surface area contributed by atoms with Gasteiger partial charge in [0.25, 0.3) is 0 Å². The van der Waals surface area contributed by atoms with E-state index < -0.39 is 237 Å². The molecule has 6 aliphatic heterocycles. The van der Waals surface area contributed by atoms with Crippen LogP contribution < -0.4 is 0 Å². The lowest BCUT2D eigenvalue weighted by Crippen LogP contribution is -2.68. The molecule has 0 aromatic carbocycles. The Morgan fingerprint density at radius 1 is 0.484 bits per heavy atom. The fraction of sp³-hybridized carbons (Fsp3) is 0.937. The van der Waals surface area contributed by atoms with Crippen LogP contribution in [0.2, 0.25) is 0 Å². The molecule has 0 radical (unpaired) electrons. The molecule has 30 heteroatoms. The number of fused-ring (bicyclic) bond motifs is 7. The third-order valence-electron chi connectivity index (χ3n) is 24.4. The van der Waals surface area contributed by atoms with Crippen LogP contribution in [0.3, 0.4) is 0 Å². The second kappa shape index (κ2) is 26.3. The summed E-state index contributed by atoms with van der Waals surface area (Å²) in [5.74, 6) is -2.91. The summed E-state index contributed by atoms with van der Waals surface area (Å²) in [5.41, 5.74) is -2.98. The van der Waals surface area contributed by atoms with Crippen molar-refractivity contribution in [2.75, 3.05) is 19.8 Å². The van der Waals surface area contributed by atoms with Crippen LogP contribution in [0.25, 0.3) is 0 Å². The number of aliphatic hydroxyl groups excluding tert-OH is 15. The van der Waals surface area contributed by atoms with Gasteiger partial charge in [0.2, 0.25) is 6.29 Å². The number of ether oxygens (including phenoxy) is 12. The van der Waals surface area contributed by atoms with Crippen LogP contribution in [0, 0.1) is 50.2 Å². The fourth-order valence-corrected chi connectivity index (χ4v) is 18.7.